The highest BCUT2D eigenvalue weighted by molar-refractivity contribution is 7.80. The van der Waals surface area contributed by atoms with Crippen LogP contribution in [0.3, 0.4) is 0 Å². The van der Waals surface area contributed by atoms with E-state index < -0.39 is 16.9 Å². The number of non-ortho nitro benzene ring substituents is 1. The molecule has 2 aromatic carbocycles. The number of nitro benzene ring substituents is 1. The lowest BCUT2D eigenvalue weighted by Crippen LogP contribution is -2.45. The zero-order valence-electron chi connectivity index (χ0n) is 16.8. The third kappa shape index (κ3) is 4.74. The molecule has 0 fully saturated rings. The van der Waals surface area contributed by atoms with Crippen LogP contribution in [0.25, 0.3) is 0 Å². The highest BCUT2D eigenvalue weighted by Gasteiger charge is 2.32. The third-order valence-electron chi connectivity index (χ3n) is 4.42. The van der Waals surface area contributed by atoms with Gasteiger partial charge in [-0.05, 0) is 45.1 Å². The van der Waals surface area contributed by atoms with Crippen molar-refractivity contribution in [2.24, 2.45) is 0 Å². The fourth-order valence-corrected chi connectivity index (χ4v) is 3.48. The number of carbonyl (C=O) groups excluding carboxylic acids is 1. The molecule has 0 radical (unpaired) electrons. The van der Waals surface area contributed by atoms with Crippen molar-refractivity contribution in [3.05, 3.63) is 75.5 Å². The fourth-order valence-electron chi connectivity index (χ4n) is 3.20. The Bertz CT molecular complexity index is 1040. The largest absolute Gasteiger partial charge is 0.491 e. The third-order valence-corrected chi connectivity index (χ3v) is 4.64. The number of ether oxygens (including phenoxy) is 1. The highest BCUT2D eigenvalue weighted by Crippen LogP contribution is 2.34. The Balaban J connectivity index is 1.98. The molecule has 0 aromatic heterocycles. The molecule has 3 N–H and O–H groups in total. The Morgan fingerprint density at radius 1 is 1.23 bits per heavy atom. The molecular formula is C21H22N4O4S. The van der Waals surface area contributed by atoms with Crippen LogP contribution in [0.2, 0.25) is 0 Å². The normalized spacial score (nSPS) is 16.0. The van der Waals surface area contributed by atoms with Gasteiger partial charge in [0.15, 0.2) is 5.11 Å². The monoisotopic (exact) mass is 426 g/mol. The molecule has 9 heteroatoms. The number of rotatable bonds is 6. The predicted molar refractivity (Wildman–Crippen MR) is 118 cm³/mol. The van der Waals surface area contributed by atoms with E-state index in [1.165, 1.54) is 18.2 Å². The summed E-state index contributed by atoms with van der Waals surface area (Å²) in [5.74, 6) is 0.239. The number of amides is 1. The van der Waals surface area contributed by atoms with E-state index in [0.717, 1.165) is 5.56 Å². The quantitative estimate of drug-likeness (QED) is 0.366. The van der Waals surface area contributed by atoms with E-state index in [9.17, 15) is 14.9 Å². The molecule has 0 spiro atoms. The van der Waals surface area contributed by atoms with Gasteiger partial charge in [-0.1, -0.05) is 24.3 Å². The van der Waals surface area contributed by atoms with Crippen molar-refractivity contribution >= 4 is 34.6 Å². The van der Waals surface area contributed by atoms with Crippen LogP contribution in [0.1, 0.15) is 32.4 Å². The fraction of sp³-hybridized carbons (Fsp3) is 0.238. The van der Waals surface area contributed by atoms with Crippen LogP contribution in [0.5, 0.6) is 5.75 Å². The number of hydrogen-bond donors (Lipinski definition) is 3. The lowest BCUT2D eigenvalue weighted by atomic mass is 9.94. The lowest BCUT2D eigenvalue weighted by Gasteiger charge is -2.31. The molecule has 2 aromatic rings. The van der Waals surface area contributed by atoms with Crippen molar-refractivity contribution in [2.75, 3.05) is 5.32 Å². The first-order valence-corrected chi connectivity index (χ1v) is 9.76. The Kier molecular flexibility index (Phi) is 6.31. The van der Waals surface area contributed by atoms with Crippen molar-refractivity contribution in [3.8, 4) is 5.75 Å². The van der Waals surface area contributed by atoms with E-state index >= 15 is 0 Å². The van der Waals surface area contributed by atoms with Gasteiger partial charge in [-0.2, -0.15) is 0 Å². The van der Waals surface area contributed by atoms with Crippen LogP contribution >= 0.6 is 12.2 Å². The number of para-hydroxylation sites is 1. The molecule has 0 bridgehead atoms. The maximum Gasteiger partial charge on any atom is 0.271 e. The van der Waals surface area contributed by atoms with Crippen LogP contribution in [-0.2, 0) is 4.79 Å². The SMILES string of the molecule is CC1=C(C(=O)Nc2cccc([N+](=O)[O-])c2)C(c2ccccc2OC(C)C)NC(=S)N1. The first-order valence-electron chi connectivity index (χ1n) is 9.36. The maximum absolute atomic E-state index is 13.2. The second kappa shape index (κ2) is 8.91. The molecule has 0 saturated heterocycles. The number of hydrogen-bond acceptors (Lipinski definition) is 5. The van der Waals surface area contributed by atoms with E-state index in [-0.39, 0.29) is 11.8 Å². The minimum Gasteiger partial charge on any atom is -0.491 e. The van der Waals surface area contributed by atoms with E-state index in [0.29, 0.717) is 27.8 Å². The number of nitrogens with zero attached hydrogens (tertiary/aromatic N) is 1. The first kappa shape index (κ1) is 21.3. The summed E-state index contributed by atoms with van der Waals surface area (Å²) < 4.78 is 5.92. The molecule has 1 atom stereocenters. The summed E-state index contributed by atoms with van der Waals surface area (Å²) in [5.41, 5.74) is 1.99. The summed E-state index contributed by atoms with van der Waals surface area (Å²) in [6.07, 6.45) is -0.0490. The number of allylic oxidation sites excluding steroid dienone is 1. The summed E-state index contributed by atoms with van der Waals surface area (Å²) in [4.78, 5) is 23.7. The van der Waals surface area contributed by atoms with Crippen molar-refractivity contribution in [1.82, 2.24) is 10.6 Å². The van der Waals surface area contributed by atoms with Gasteiger partial charge < -0.3 is 20.7 Å². The van der Waals surface area contributed by atoms with Gasteiger partial charge in [-0.25, -0.2) is 0 Å². The molecule has 1 amide bonds. The topological polar surface area (TPSA) is 106 Å². The molecule has 1 heterocycles. The molecular weight excluding hydrogens is 404 g/mol. The van der Waals surface area contributed by atoms with Crippen molar-refractivity contribution in [2.45, 2.75) is 32.9 Å². The van der Waals surface area contributed by atoms with Crippen LogP contribution in [0.4, 0.5) is 11.4 Å². The number of carbonyl (C=O) groups is 1. The number of thiocarbonyl (C=S) groups is 1. The Labute approximate surface area is 179 Å². The first-order chi connectivity index (χ1) is 14.3. The van der Waals surface area contributed by atoms with Gasteiger partial charge in [0.05, 0.1) is 22.6 Å². The van der Waals surface area contributed by atoms with Gasteiger partial charge in [0.25, 0.3) is 11.6 Å². The van der Waals surface area contributed by atoms with Gasteiger partial charge in [0.1, 0.15) is 5.75 Å². The molecule has 0 saturated carbocycles. The number of benzene rings is 2. The molecule has 1 unspecified atom stereocenters. The smallest absolute Gasteiger partial charge is 0.271 e. The molecule has 8 nitrogen and oxygen atoms in total. The molecule has 0 aliphatic carbocycles. The lowest BCUT2D eigenvalue weighted by molar-refractivity contribution is -0.384. The van der Waals surface area contributed by atoms with Crippen molar-refractivity contribution < 1.29 is 14.5 Å². The van der Waals surface area contributed by atoms with E-state index in [1.54, 1.807) is 13.0 Å². The molecule has 1 aliphatic rings. The second-order valence-electron chi connectivity index (χ2n) is 7.04. The van der Waals surface area contributed by atoms with Crippen LogP contribution < -0.4 is 20.7 Å². The average Bonchev–Trinajstić information content (AvgIpc) is 2.67. The van der Waals surface area contributed by atoms with Crippen molar-refractivity contribution in [1.29, 1.82) is 0 Å². The summed E-state index contributed by atoms with van der Waals surface area (Å²) in [5, 5.41) is 20.3. The Hall–Kier alpha value is -3.46. The van der Waals surface area contributed by atoms with Crippen LogP contribution in [0, 0.1) is 10.1 Å². The predicted octanol–water partition coefficient (Wildman–Crippen LogP) is 3.81. The molecule has 3 rings (SSSR count). The van der Waals surface area contributed by atoms with E-state index in [4.69, 9.17) is 17.0 Å². The minimum atomic E-state index is -0.549. The summed E-state index contributed by atoms with van der Waals surface area (Å²) in [6, 6.07) is 12.7. The molecule has 156 valence electrons. The Morgan fingerprint density at radius 3 is 2.67 bits per heavy atom. The minimum absolute atomic E-state index is 0.0490. The van der Waals surface area contributed by atoms with E-state index in [1.807, 2.05) is 38.1 Å². The number of nitrogens with one attached hydrogen (secondary N) is 3. The van der Waals surface area contributed by atoms with Crippen molar-refractivity contribution in [3.63, 3.8) is 0 Å². The van der Waals surface area contributed by atoms with Gasteiger partial charge >= 0.3 is 0 Å². The zero-order valence-corrected chi connectivity index (χ0v) is 17.6. The summed E-state index contributed by atoms with van der Waals surface area (Å²) >= 11 is 5.30. The number of anilines is 1. The zero-order chi connectivity index (χ0) is 21.8. The standard InChI is InChI=1S/C21H22N4O4S/c1-12(2)29-17-10-5-4-9-16(17)19-18(13(3)22-21(30)24-19)20(26)23-14-7-6-8-15(11-14)25(27)28/h4-12,19H,1-3H3,(H,23,26)(H2,22,24,30). The Morgan fingerprint density at radius 2 is 1.97 bits per heavy atom. The van der Waals surface area contributed by atoms with Gasteiger partial charge in [-0.3, -0.25) is 14.9 Å². The highest BCUT2D eigenvalue weighted by atomic mass is 32.1. The average molecular weight is 426 g/mol. The van der Waals surface area contributed by atoms with Gasteiger partial charge in [-0.15, -0.1) is 0 Å². The second-order valence-corrected chi connectivity index (χ2v) is 7.44. The number of nitro groups is 1. The maximum atomic E-state index is 13.2. The summed E-state index contributed by atoms with van der Waals surface area (Å²) in [6.45, 7) is 5.61. The van der Waals surface area contributed by atoms with Crippen LogP contribution in [-0.4, -0.2) is 22.0 Å². The van der Waals surface area contributed by atoms with E-state index in [2.05, 4.69) is 16.0 Å². The van der Waals surface area contributed by atoms with Crippen LogP contribution in [0.15, 0.2) is 59.8 Å². The van der Waals surface area contributed by atoms with Gasteiger partial charge in [0.2, 0.25) is 0 Å². The molecule has 1 aliphatic heterocycles. The molecule has 30 heavy (non-hydrogen) atoms. The van der Waals surface area contributed by atoms with Gasteiger partial charge in [0, 0.05) is 29.1 Å². The summed E-state index contributed by atoms with van der Waals surface area (Å²) in [7, 11) is 0.